The topological polar surface area (TPSA) is 74.2 Å². The zero-order chi connectivity index (χ0) is 21.0. The maximum atomic E-state index is 5.74. The summed E-state index contributed by atoms with van der Waals surface area (Å²) in [7, 11) is 1.79. The number of aliphatic imine (C=N–C) groups is 1. The Balaban J connectivity index is 1.29. The van der Waals surface area contributed by atoms with Crippen molar-refractivity contribution in [2.75, 3.05) is 77.6 Å². The Morgan fingerprint density at radius 2 is 2.13 bits per heavy atom. The van der Waals surface area contributed by atoms with Gasteiger partial charge in [-0.05, 0) is 31.0 Å². The molecule has 2 N–H and O–H groups in total. The minimum Gasteiger partial charge on any atom is -0.381 e. The molecule has 0 spiro atoms. The lowest BCUT2D eigenvalue weighted by Gasteiger charge is -2.34. The fourth-order valence-electron chi connectivity index (χ4n) is 3.75. The first-order valence-corrected chi connectivity index (χ1v) is 11.3. The molecule has 1 unspecified atom stereocenters. The van der Waals surface area contributed by atoms with Crippen molar-refractivity contribution in [2.24, 2.45) is 10.9 Å². The molecular weight excluding hydrogens is 380 g/mol. The molecule has 1 atom stereocenters. The molecule has 30 heavy (non-hydrogen) atoms. The molecule has 2 saturated heterocycles. The normalized spacial score (nSPS) is 20.5. The maximum Gasteiger partial charge on any atom is 0.191 e. The fourth-order valence-corrected chi connectivity index (χ4v) is 3.75. The van der Waals surface area contributed by atoms with Crippen LogP contribution in [0.2, 0.25) is 0 Å². The first-order chi connectivity index (χ1) is 14.8. The molecule has 0 aliphatic carbocycles. The average Bonchev–Trinajstić information content (AvgIpc) is 3.32. The van der Waals surface area contributed by atoms with Crippen molar-refractivity contribution in [1.82, 2.24) is 20.5 Å². The van der Waals surface area contributed by atoms with Gasteiger partial charge in [0.2, 0.25) is 0 Å². The van der Waals surface area contributed by atoms with Gasteiger partial charge in [-0.15, -0.1) is 0 Å². The zero-order valence-corrected chi connectivity index (χ0v) is 18.6. The van der Waals surface area contributed by atoms with Crippen molar-refractivity contribution in [2.45, 2.75) is 26.3 Å². The van der Waals surface area contributed by atoms with Crippen LogP contribution in [0.3, 0.4) is 0 Å². The second kappa shape index (κ2) is 12.7. The standard InChI is InChI=1S/C22H38N6O2/c1-3-27-9-11-28(12-10-27)21-6-5-19(15-25-21)16-26-22(23-2)24-8-4-13-29-17-20-7-14-30-18-20/h5-6,15,20H,3-4,7-14,16-18H2,1-2H3,(H2,23,24,26). The summed E-state index contributed by atoms with van der Waals surface area (Å²) < 4.78 is 11.1. The third-order valence-electron chi connectivity index (χ3n) is 5.77. The number of likely N-dealkylation sites (N-methyl/N-ethyl adjacent to an activating group) is 1. The lowest BCUT2D eigenvalue weighted by Crippen LogP contribution is -2.46. The first-order valence-electron chi connectivity index (χ1n) is 11.3. The summed E-state index contributed by atoms with van der Waals surface area (Å²) in [5.74, 6) is 2.45. The Labute approximate surface area is 181 Å². The van der Waals surface area contributed by atoms with Gasteiger partial charge in [0.25, 0.3) is 0 Å². The molecule has 0 amide bonds. The van der Waals surface area contributed by atoms with Gasteiger partial charge >= 0.3 is 0 Å². The molecule has 0 aromatic carbocycles. The van der Waals surface area contributed by atoms with Crippen LogP contribution in [0.5, 0.6) is 0 Å². The number of hydrogen-bond donors (Lipinski definition) is 2. The van der Waals surface area contributed by atoms with Gasteiger partial charge in [-0.1, -0.05) is 13.0 Å². The lowest BCUT2D eigenvalue weighted by molar-refractivity contribution is 0.0888. The molecule has 3 rings (SSSR count). The Morgan fingerprint density at radius 1 is 1.27 bits per heavy atom. The quantitative estimate of drug-likeness (QED) is 0.337. The number of guanidine groups is 1. The minimum absolute atomic E-state index is 0.577. The van der Waals surface area contributed by atoms with E-state index >= 15 is 0 Å². The Morgan fingerprint density at radius 3 is 2.80 bits per heavy atom. The van der Waals surface area contributed by atoms with E-state index in [1.807, 2.05) is 6.20 Å². The van der Waals surface area contributed by atoms with Gasteiger partial charge in [0, 0.05) is 71.6 Å². The van der Waals surface area contributed by atoms with Gasteiger partial charge in [-0.2, -0.15) is 0 Å². The van der Waals surface area contributed by atoms with Crippen LogP contribution in [-0.4, -0.2) is 88.6 Å². The van der Waals surface area contributed by atoms with E-state index < -0.39 is 0 Å². The summed E-state index contributed by atoms with van der Waals surface area (Å²) in [6, 6.07) is 4.27. The second-order valence-corrected chi connectivity index (χ2v) is 7.96. The first kappa shape index (κ1) is 22.8. The van der Waals surface area contributed by atoms with E-state index in [0.717, 1.165) is 95.9 Å². The van der Waals surface area contributed by atoms with Crippen molar-refractivity contribution in [3.8, 4) is 0 Å². The van der Waals surface area contributed by atoms with Crippen LogP contribution in [0, 0.1) is 5.92 Å². The molecule has 1 aromatic heterocycles. The van der Waals surface area contributed by atoms with E-state index in [0.29, 0.717) is 12.5 Å². The molecule has 2 aliphatic rings. The summed E-state index contributed by atoms with van der Waals surface area (Å²) in [5.41, 5.74) is 1.15. The summed E-state index contributed by atoms with van der Waals surface area (Å²) in [6.07, 6.45) is 4.04. The molecule has 0 saturated carbocycles. The van der Waals surface area contributed by atoms with Gasteiger partial charge < -0.3 is 29.9 Å². The van der Waals surface area contributed by atoms with Crippen LogP contribution in [-0.2, 0) is 16.0 Å². The Bertz CT molecular complexity index is 625. The van der Waals surface area contributed by atoms with Gasteiger partial charge in [-0.3, -0.25) is 4.99 Å². The van der Waals surface area contributed by atoms with Gasteiger partial charge in [0.15, 0.2) is 5.96 Å². The number of piperazine rings is 1. The monoisotopic (exact) mass is 418 g/mol. The number of nitrogens with one attached hydrogen (secondary N) is 2. The molecule has 0 radical (unpaired) electrons. The van der Waals surface area contributed by atoms with Crippen molar-refractivity contribution < 1.29 is 9.47 Å². The van der Waals surface area contributed by atoms with Crippen LogP contribution in [0.25, 0.3) is 0 Å². The molecule has 168 valence electrons. The molecule has 0 bridgehead atoms. The molecule has 2 aliphatic heterocycles. The highest BCUT2D eigenvalue weighted by Gasteiger charge is 2.17. The molecule has 8 heteroatoms. The van der Waals surface area contributed by atoms with Crippen molar-refractivity contribution in [3.05, 3.63) is 23.9 Å². The number of hydrogen-bond acceptors (Lipinski definition) is 6. The van der Waals surface area contributed by atoms with E-state index in [9.17, 15) is 0 Å². The number of anilines is 1. The Hall–Kier alpha value is -1.90. The van der Waals surface area contributed by atoms with E-state index in [4.69, 9.17) is 9.47 Å². The summed E-state index contributed by atoms with van der Waals surface area (Å²) in [6.45, 7) is 12.5. The van der Waals surface area contributed by atoms with Crippen molar-refractivity contribution in [1.29, 1.82) is 0 Å². The van der Waals surface area contributed by atoms with Crippen molar-refractivity contribution >= 4 is 11.8 Å². The molecule has 1 aromatic rings. The van der Waals surface area contributed by atoms with Crippen LogP contribution in [0.1, 0.15) is 25.3 Å². The Kier molecular flexibility index (Phi) is 9.66. The maximum absolute atomic E-state index is 5.74. The zero-order valence-electron chi connectivity index (χ0n) is 18.6. The van der Waals surface area contributed by atoms with Gasteiger partial charge in [-0.25, -0.2) is 4.98 Å². The highest BCUT2D eigenvalue weighted by atomic mass is 16.5. The molecule has 2 fully saturated rings. The SMILES string of the molecule is CCN1CCN(c2ccc(CNC(=NC)NCCCOCC3CCOC3)cn2)CC1. The predicted octanol–water partition coefficient (Wildman–Crippen LogP) is 1.33. The molecule has 8 nitrogen and oxygen atoms in total. The summed E-state index contributed by atoms with van der Waals surface area (Å²) >= 11 is 0. The van der Waals surface area contributed by atoms with E-state index in [1.54, 1.807) is 7.05 Å². The smallest absolute Gasteiger partial charge is 0.191 e. The highest BCUT2D eigenvalue weighted by molar-refractivity contribution is 5.79. The van der Waals surface area contributed by atoms with E-state index in [-0.39, 0.29) is 0 Å². The van der Waals surface area contributed by atoms with Crippen molar-refractivity contribution in [3.63, 3.8) is 0 Å². The number of nitrogens with zero attached hydrogens (tertiary/aromatic N) is 4. The summed E-state index contributed by atoms with van der Waals surface area (Å²) in [4.78, 5) is 13.8. The number of aromatic nitrogens is 1. The number of pyridine rings is 1. The van der Waals surface area contributed by atoms with Crippen LogP contribution in [0.4, 0.5) is 5.82 Å². The average molecular weight is 419 g/mol. The van der Waals surface area contributed by atoms with E-state index in [2.05, 4.69) is 49.5 Å². The van der Waals surface area contributed by atoms with Gasteiger partial charge in [0.05, 0.1) is 13.2 Å². The third-order valence-corrected chi connectivity index (χ3v) is 5.77. The van der Waals surface area contributed by atoms with E-state index in [1.165, 1.54) is 0 Å². The summed E-state index contributed by atoms with van der Waals surface area (Å²) in [5, 5.41) is 6.70. The minimum atomic E-state index is 0.577. The van der Waals surface area contributed by atoms with Crippen LogP contribution < -0.4 is 15.5 Å². The van der Waals surface area contributed by atoms with Crippen LogP contribution >= 0.6 is 0 Å². The number of rotatable bonds is 10. The largest absolute Gasteiger partial charge is 0.381 e. The third kappa shape index (κ3) is 7.41. The fraction of sp³-hybridized carbons (Fsp3) is 0.727. The predicted molar refractivity (Wildman–Crippen MR) is 121 cm³/mol. The highest BCUT2D eigenvalue weighted by Crippen LogP contribution is 2.14. The second-order valence-electron chi connectivity index (χ2n) is 7.96. The lowest BCUT2D eigenvalue weighted by atomic mass is 10.1. The van der Waals surface area contributed by atoms with Crippen LogP contribution in [0.15, 0.2) is 23.3 Å². The molecular formula is C22H38N6O2. The molecule has 3 heterocycles. The van der Waals surface area contributed by atoms with Gasteiger partial charge in [0.1, 0.15) is 5.82 Å². The number of ether oxygens (including phenoxy) is 2.